The van der Waals surface area contributed by atoms with Crippen LogP contribution in [0.2, 0.25) is 0 Å². The van der Waals surface area contributed by atoms with Crippen LogP contribution in [-0.4, -0.2) is 58.9 Å². The molecule has 1 aromatic heterocycles. The first kappa shape index (κ1) is 29.1. The molecule has 214 valence electrons. The average molecular weight is 581 g/mol. The van der Waals surface area contributed by atoms with Crippen LogP contribution in [0, 0.1) is 11.3 Å². The number of nitrogens with one attached hydrogen (secondary N) is 1. The summed E-state index contributed by atoms with van der Waals surface area (Å²) in [5.74, 6) is -0.794. The number of pyridine rings is 1. The number of alkyl halides is 3. The second-order valence-electron chi connectivity index (χ2n) is 10.8. The molecule has 0 unspecified atom stereocenters. The fraction of sp³-hybridized carbons (Fsp3) is 0.462. The second kappa shape index (κ2) is 9.96. The van der Waals surface area contributed by atoms with Gasteiger partial charge in [-0.05, 0) is 64.3 Å². The van der Waals surface area contributed by atoms with Crippen LogP contribution in [0.5, 0.6) is 0 Å². The fourth-order valence-corrected chi connectivity index (χ4v) is 6.35. The van der Waals surface area contributed by atoms with Gasteiger partial charge in [0.15, 0.2) is 9.84 Å². The molecular weight excluding hydrogens is 553 g/mol. The maximum atomic E-state index is 14.2. The van der Waals surface area contributed by atoms with Gasteiger partial charge in [-0.2, -0.15) is 18.4 Å². The molecular formula is C26H27F3N4O6S. The first-order chi connectivity index (χ1) is 18.5. The Labute approximate surface area is 228 Å². The number of ether oxygens (including phenoxy) is 1. The lowest BCUT2D eigenvalue weighted by Gasteiger charge is -2.28. The van der Waals surface area contributed by atoms with E-state index in [0.29, 0.717) is 18.9 Å². The summed E-state index contributed by atoms with van der Waals surface area (Å²) in [6.45, 7) is 4.09. The van der Waals surface area contributed by atoms with Gasteiger partial charge in [-0.3, -0.25) is 19.1 Å². The van der Waals surface area contributed by atoms with E-state index in [1.54, 1.807) is 20.8 Å². The summed E-state index contributed by atoms with van der Waals surface area (Å²) < 4.78 is 76.1. The van der Waals surface area contributed by atoms with Gasteiger partial charge in [-0.25, -0.2) is 13.2 Å². The van der Waals surface area contributed by atoms with Crippen LogP contribution in [0.15, 0.2) is 52.3 Å². The minimum atomic E-state index is -5.11. The minimum absolute atomic E-state index is 0.192. The molecule has 1 aliphatic carbocycles. The van der Waals surface area contributed by atoms with Crippen molar-refractivity contribution in [3.05, 3.63) is 58.5 Å². The van der Waals surface area contributed by atoms with Gasteiger partial charge >= 0.3 is 12.3 Å². The molecule has 1 saturated carbocycles. The minimum Gasteiger partial charge on any atom is -0.444 e. The number of benzene rings is 1. The van der Waals surface area contributed by atoms with Gasteiger partial charge in [0.05, 0.1) is 21.8 Å². The third-order valence-electron chi connectivity index (χ3n) is 6.63. The second-order valence-corrected chi connectivity index (χ2v) is 13.0. The summed E-state index contributed by atoms with van der Waals surface area (Å²) in [6, 6.07) is 6.99. The van der Waals surface area contributed by atoms with Gasteiger partial charge < -0.3 is 10.1 Å². The summed E-state index contributed by atoms with van der Waals surface area (Å²) in [6.07, 6.45) is -4.63. The Morgan fingerprint density at radius 3 is 2.38 bits per heavy atom. The van der Waals surface area contributed by atoms with Gasteiger partial charge in [0.1, 0.15) is 17.2 Å². The molecule has 14 heteroatoms. The number of aromatic nitrogens is 1. The van der Waals surface area contributed by atoms with Crippen molar-refractivity contribution in [1.82, 2.24) is 14.8 Å². The fourth-order valence-electron chi connectivity index (χ4n) is 4.46. The number of nitriles is 1. The molecule has 4 rings (SSSR count). The van der Waals surface area contributed by atoms with Crippen LogP contribution in [-0.2, 0) is 25.5 Å². The molecule has 40 heavy (non-hydrogen) atoms. The lowest BCUT2D eigenvalue weighted by Crippen LogP contribution is -2.50. The lowest BCUT2D eigenvalue weighted by atomic mass is 10.1. The standard InChI is InChI=1S/C26H27F3N4O6S/c1-24(2,3)39-23(36)33-14-17(13-19(33)22(35)31-25(15-30)9-10-25)40(37,38)20-8-7-16(12-18(20)26(27,28)29)32-11-5-4-6-21(32)34/h4-8,11-12,17,19H,9-10,13-14H2,1-3H3,(H,31,35)/t17-,19+/m1/s1. The SMILES string of the molecule is CC(C)(C)OC(=O)N1C[C@H](S(=O)(=O)c2ccc(-n3ccccc3=O)cc2C(F)(F)F)C[C@H]1C(=O)NC1(C#N)CC1. The molecule has 2 aliphatic rings. The highest BCUT2D eigenvalue weighted by Gasteiger charge is 2.52. The van der Waals surface area contributed by atoms with E-state index in [1.165, 1.54) is 18.3 Å². The van der Waals surface area contributed by atoms with Crippen molar-refractivity contribution in [2.24, 2.45) is 0 Å². The zero-order chi connectivity index (χ0) is 29.7. The zero-order valence-electron chi connectivity index (χ0n) is 21.9. The van der Waals surface area contributed by atoms with Crippen molar-refractivity contribution < 1.29 is 35.9 Å². The van der Waals surface area contributed by atoms with Crippen molar-refractivity contribution in [3.63, 3.8) is 0 Å². The Kier molecular flexibility index (Phi) is 7.25. The number of sulfone groups is 1. The van der Waals surface area contributed by atoms with E-state index in [2.05, 4.69) is 5.32 Å². The Morgan fingerprint density at radius 2 is 1.82 bits per heavy atom. The number of hydrogen-bond acceptors (Lipinski definition) is 7. The van der Waals surface area contributed by atoms with Crippen molar-refractivity contribution in [1.29, 1.82) is 5.26 Å². The van der Waals surface area contributed by atoms with Crippen LogP contribution >= 0.6 is 0 Å². The number of nitrogens with zero attached hydrogens (tertiary/aromatic N) is 3. The van der Waals surface area contributed by atoms with Crippen LogP contribution in [0.4, 0.5) is 18.0 Å². The van der Waals surface area contributed by atoms with Crippen LogP contribution in [0.3, 0.4) is 0 Å². The molecule has 1 saturated heterocycles. The molecule has 2 amide bonds. The molecule has 1 aliphatic heterocycles. The normalized spacial score (nSPS) is 20.5. The molecule has 2 aromatic rings. The number of carbonyl (C=O) groups is 2. The Hall–Kier alpha value is -3.86. The summed E-state index contributed by atoms with van der Waals surface area (Å²) in [5.41, 5.74) is -4.42. The first-order valence-corrected chi connectivity index (χ1v) is 13.9. The first-order valence-electron chi connectivity index (χ1n) is 12.3. The Bertz CT molecular complexity index is 1550. The summed E-state index contributed by atoms with van der Waals surface area (Å²) in [4.78, 5) is 38.0. The third-order valence-corrected chi connectivity index (χ3v) is 8.82. The molecule has 2 heterocycles. The van der Waals surface area contributed by atoms with E-state index >= 15 is 0 Å². The van der Waals surface area contributed by atoms with Crippen LogP contribution in [0.25, 0.3) is 5.69 Å². The maximum Gasteiger partial charge on any atom is 0.417 e. The van der Waals surface area contributed by atoms with Gasteiger partial charge in [0, 0.05) is 24.5 Å². The third kappa shape index (κ3) is 5.84. The van der Waals surface area contributed by atoms with Gasteiger partial charge in [0.2, 0.25) is 5.91 Å². The van der Waals surface area contributed by atoms with Gasteiger partial charge in [-0.1, -0.05) is 6.07 Å². The van der Waals surface area contributed by atoms with E-state index in [1.807, 2.05) is 6.07 Å². The number of hydrogen-bond donors (Lipinski definition) is 1. The quantitative estimate of drug-likeness (QED) is 0.573. The molecule has 10 nitrogen and oxygen atoms in total. The van der Waals surface area contributed by atoms with Crippen LogP contribution < -0.4 is 10.9 Å². The van der Waals surface area contributed by atoms with Crippen molar-refractivity contribution in [2.45, 2.75) is 73.5 Å². The number of likely N-dealkylation sites (tertiary alicyclic amines) is 1. The monoisotopic (exact) mass is 580 g/mol. The predicted molar refractivity (Wildman–Crippen MR) is 135 cm³/mol. The van der Waals surface area contributed by atoms with Crippen molar-refractivity contribution in [2.75, 3.05) is 6.54 Å². The molecule has 0 radical (unpaired) electrons. The topological polar surface area (TPSA) is 139 Å². The average Bonchev–Trinajstić information content (AvgIpc) is 3.46. The van der Waals surface area contributed by atoms with E-state index < -0.39 is 79.4 Å². The van der Waals surface area contributed by atoms with Crippen molar-refractivity contribution >= 4 is 21.8 Å². The van der Waals surface area contributed by atoms with E-state index in [4.69, 9.17) is 4.74 Å². The van der Waals surface area contributed by atoms with E-state index in [0.717, 1.165) is 27.7 Å². The Balaban J connectivity index is 1.73. The molecule has 2 fully saturated rings. The van der Waals surface area contributed by atoms with Gasteiger partial charge in [-0.15, -0.1) is 0 Å². The Morgan fingerprint density at radius 1 is 1.15 bits per heavy atom. The smallest absolute Gasteiger partial charge is 0.417 e. The number of rotatable bonds is 5. The predicted octanol–water partition coefficient (Wildman–Crippen LogP) is 3.18. The lowest BCUT2D eigenvalue weighted by molar-refractivity contribution is -0.139. The molecule has 1 aromatic carbocycles. The largest absolute Gasteiger partial charge is 0.444 e. The number of amides is 2. The number of carbonyl (C=O) groups excluding carboxylic acids is 2. The molecule has 0 spiro atoms. The van der Waals surface area contributed by atoms with E-state index in [9.17, 15) is 41.2 Å². The van der Waals surface area contributed by atoms with Gasteiger partial charge in [0.25, 0.3) is 5.56 Å². The van der Waals surface area contributed by atoms with E-state index in [-0.39, 0.29) is 5.69 Å². The molecule has 1 N–H and O–H groups in total. The summed E-state index contributed by atoms with van der Waals surface area (Å²) in [5, 5.41) is 10.3. The molecule has 0 bridgehead atoms. The van der Waals surface area contributed by atoms with Crippen LogP contribution in [0.1, 0.15) is 45.6 Å². The van der Waals surface area contributed by atoms with Crippen molar-refractivity contribution in [3.8, 4) is 11.8 Å². The highest BCUT2D eigenvalue weighted by atomic mass is 32.2. The zero-order valence-corrected chi connectivity index (χ0v) is 22.7. The molecule has 2 atom stereocenters. The summed E-state index contributed by atoms with van der Waals surface area (Å²) >= 11 is 0. The summed E-state index contributed by atoms with van der Waals surface area (Å²) in [7, 11) is -4.77. The highest BCUT2D eigenvalue weighted by Crippen LogP contribution is 2.40. The highest BCUT2D eigenvalue weighted by molar-refractivity contribution is 7.92. The number of halogens is 3. The maximum absolute atomic E-state index is 14.2.